The summed E-state index contributed by atoms with van der Waals surface area (Å²) in [6.07, 6.45) is 11.4. The van der Waals surface area contributed by atoms with Crippen LogP contribution in [0.1, 0.15) is 115 Å². The summed E-state index contributed by atoms with van der Waals surface area (Å²) < 4.78 is 0. The van der Waals surface area contributed by atoms with Crippen molar-refractivity contribution in [1.29, 1.82) is 0 Å². The number of aromatic nitrogens is 2. The van der Waals surface area contributed by atoms with Crippen molar-refractivity contribution in [2.75, 3.05) is 18.4 Å². The number of Topliss-reactive ketones (excluding diaryl/α,β-unsaturated/α-hetero) is 4. The largest absolute Gasteiger partial charge is 0.351 e. The molecule has 3 unspecified atom stereocenters. The number of anilines is 1. The highest BCUT2D eigenvalue weighted by molar-refractivity contribution is 6.38. The van der Waals surface area contributed by atoms with Crippen molar-refractivity contribution < 1.29 is 33.6 Å². The molecule has 0 spiro atoms. The monoisotopic (exact) mass is 770 g/mol. The summed E-state index contributed by atoms with van der Waals surface area (Å²) in [5, 5.41) is 8.83. The fourth-order valence-corrected chi connectivity index (χ4v) is 8.11. The lowest BCUT2D eigenvalue weighted by atomic mass is 9.74. The van der Waals surface area contributed by atoms with Gasteiger partial charge in [-0.2, -0.15) is 0 Å². The third-order valence-electron chi connectivity index (χ3n) is 11.6. The number of hydrogen-bond acceptors (Lipinski definition) is 9. The first-order valence-corrected chi connectivity index (χ1v) is 20.4. The van der Waals surface area contributed by atoms with Crippen LogP contribution in [-0.2, 0) is 24.0 Å². The van der Waals surface area contributed by atoms with E-state index in [1.807, 2.05) is 33.8 Å². The molecule has 0 radical (unpaired) electrons. The van der Waals surface area contributed by atoms with Crippen LogP contribution in [0, 0.1) is 35.0 Å². The first-order valence-electron chi connectivity index (χ1n) is 20.4. The van der Waals surface area contributed by atoms with Crippen molar-refractivity contribution in [2.24, 2.45) is 35.0 Å². The van der Waals surface area contributed by atoms with Gasteiger partial charge in [-0.25, -0.2) is 9.78 Å². The van der Waals surface area contributed by atoms with Gasteiger partial charge < -0.3 is 20.9 Å². The second-order valence-electron chi connectivity index (χ2n) is 17.0. The number of likely N-dealkylation sites (tertiary alicyclic amines) is 1. The van der Waals surface area contributed by atoms with Gasteiger partial charge in [-0.1, -0.05) is 71.6 Å². The molecule has 1 aromatic carbocycles. The molecule has 1 saturated heterocycles. The number of carbonyl (C=O) groups excluding carboxylic acids is 7. The molecule has 2 aliphatic carbocycles. The summed E-state index contributed by atoms with van der Waals surface area (Å²) in [4.78, 5) is 105. The maximum absolute atomic E-state index is 14.4. The third-order valence-corrected chi connectivity index (χ3v) is 11.6. The van der Waals surface area contributed by atoms with Crippen LogP contribution in [0.5, 0.6) is 0 Å². The predicted octanol–water partition coefficient (Wildman–Crippen LogP) is 5.74. The van der Waals surface area contributed by atoms with E-state index in [-0.39, 0.29) is 61.4 Å². The van der Waals surface area contributed by atoms with E-state index in [4.69, 9.17) is 0 Å². The number of benzene rings is 1. The highest BCUT2D eigenvalue weighted by atomic mass is 16.2. The quantitative estimate of drug-likeness (QED) is 0.159. The van der Waals surface area contributed by atoms with Crippen LogP contribution in [0.2, 0.25) is 0 Å². The Morgan fingerprint density at radius 2 is 1.61 bits per heavy atom. The Balaban J connectivity index is 1.35. The van der Waals surface area contributed by atoms with Crippen molar-refractivity contribution in [2.45, 2.75) is 117 Å². The molecular weight excluding hydrogens is 713 g/mol. The Bertz CT molecular complexity index is 1720. The van der Waals surface area contributed by atoms with Gasteiger partial charge in [0.05, 0.1) is 24.2 Å². The average Bonchev–Trinajstić information content (AvgIpc) is 3.90. The Morgan fingerprint density at radius 3 is 2.23 bits per heavy atom. The van der Waals surface area contributed by atoms with Gasteiger partial charge in [0, 0.05) is 62.3 Å². The summed E-state index contributed by atoms with van der Waals surface area (Å²) in [7, 11) is 0. The number of nitrogens with one attached hydrogen (secondary N) is 3. The second kappa shape index (κ2) is 19.4. The minimum Gasteiger partial charge on any atom is -0.351 e. The fraction of sp³-hybridized carbons (Fsp3) is 0.605. The van der Waals surface area contributed by atoms with Crippen molar-refractivity contribution in [3.8, 4) is 0 Å². The van der Waals surface area contributed by atoms with Crippen LogP contribution in [0.4, 0.5) is 10.5 Å². The normalized spacial score (nSPS) is 20.3. The van der Waals surface area contributed by atoms with E-state index in [2.05, 4.69) is 25.9 Å². The first kappa shape index (κ1) is 42.3. The maximum atomic E-state index is 14.4. The number of urea groups is 1. The predicted molar refractivity (Wildman–Crippen MR) is 210 cm³/mol. The molecule has 5 atom stereocenters. The van der Waals surface area contributed by atoms with Crippen LogP contribution in [0.3, 0.4) is 0 Å². The van der Waals surface area contributed by atoms with E-state index in [9.17, 15) is 33.6 Å². The van der Waals surface area contributed by atoms with Gasteiger partial charge in [-0.05, 0) is 61.5 Å². The lowest BCUT2D eigenvalue weighted by Gasteiger charge is -2.34. The summed E-state index contributed by atoms with van der Waals surface area (Å²) in [6.45, 7) is 7.54. The molecule has 13 heteroatoms. The van der Waals surface area contributed by atoms with E-state index in [1.54, 1.807) is 24.3 Å². The van der Waals surface area contributed by atoms with Crippen molar-refractivity contribution in [3.63, 3.8) is 0 Å². The molecular formula is C43H58N6O7. The van der Waals surface area contributed by atoms with E-state index in [0.717, 1.165) is 44.9 Å². The standard InChI is InChI=1S/C43H58N6O7/c1-5-12-29(39(53)37(52)21-27-17-18-27)22-35(50)31-25-49(42(56)46-30-15-10-7-11-16-30)26-34(31)47-40(54)32(43(2,3)4)23-36(51)38(28-13-8-6-9-14-28)48-41(55)33-24-44-19-20-45-33/h7,10-11,15-16,19-20,24,27-29,31-32,34,38H,5-6,8-9,12-14,17-18,21-23,25-26H2,1-4H3,(H,46,56)(H,47,54)(H,48,55)/t29?,31-,32?,34?,38+/m1/s1. The molecule has 4 amide bonds. The topological polar surface area (TPSA) is 185 Å². The van der Waals surface area contributed by atoms with Crippen LogP contribution < -0.4 is 16.0 Å². The van der Waals surface area contributed by atoms with Crippen molar-refractivity contribution in [1.82, 2.24) is 25.5 Å². The lowest BCUT2D eigenvalue weighted by molar-refractivity contribution is -0.140. The first-order chi connectivity index (χ1) is 26.7. The number of amides is 4. The second-order valence-corrected chi connectivity index (χ2v) is 17.0. The van der Waals surface area contributed by atoms with Gasteiger partial charge in [-0.3, -0.25) is 33.8 Å². The van der Waals surface area contributed by atoms with E-state index >= 15 is 0 Å². The van der Waals surface area contributed by atoms with Gasteiger partial charge >= 0.3 is 6.03 Å². The molecule has 0 bridgehead atoms. The number of carbonyl (C=O) groups is 7. The zero-order chi connectivity index (χ0) is 40.4. The number of rotatable bonds is 18. The van der Waals surface area contributed by atoms with Gasteiger partial charge in [0.1, 0.15) is 11.5 Å². The summed E-state index contributed by atoms with van der Waals surface area (Å²) in [5.41, 5.74) is -0.0329. The maximum Gasteiger partial charge on any atom is 0.321 e. The summed E-state index contributed by atoms with van der Waals surface area (Å²) >= 11 is 0. The van der Waals surface area contributed by atoms with Crippen LogP contribution >= 0.6 is 0 Å². The van der Waals surface area contributed by atoms with E-state index in [0.29, 0.717) is 18.5 Å². The highest BCUT2D eigenvalue weighted by Gasteiger charge is 2.45. The smallest absolute Gasteiger partial charge is 0.321 e. The zero-order valence-electron chi connectivity index (χ0n) is 33.3. The zero-order valence-corrected chi connectivity index (χ0v) is 33.3. The summed E-state index contributed by atoms with van der Waals surface area (Å²) in [5.74, 6) is -4.77. The van der Waals surface area contributed by atoms with Gasteiger partial charge in [0.15, 0.2) is 11.6 Å². The van der Waals surface area contributed by atoms with Crippen LogP contribution in [-0.4, -0.2) is 81.0 Å². The Kier molecular flexibility index (Phi) is 14.6. The molecule has 3 fully saturated rings. The van der Waals surface area contributed by atoms with Gasteiger partial charge in [0.2, 0.25) is 11.7 Å². The van der Waals surface area contributed by atoms with Gasteiger partial charge in [0.25, 0.3) is 5.91 Å². The number of nitrogens with zero attached hydrogens (tertiary/aromatic N) is 3. The fourth-order valence-electron chi connectivity index (χ4n) is 8.11. The lowest BCUT2D eigenvalue weighted by Crippen LogP contribution is -2.51. The van der Waals surface area contributed by atoms with Crippen molar-refractivity contribution in [3.05, 3.63) is 54.6 Å². The molecule has 2 saturated carbocycles. The van der Waals surface area contributed by atoms with Crippen LogP contribution in [0.15, 0.2) is 48.9 Å². The molecule has 1 aromatic heterocycles. The third kappa shape index (κ3) is 11.6. The molecule has 2 aromatic rings. The van der Waals surface area contributed by atoms with E-state index < -0.39 is 64.7 Å². The Hall–Kier alpha value is -4.81. The number of ketones is 4. The van der Waals surface area contributed by atoms with Crippen LogP contribution in [0.25, 0.3) is 0 Å². The van der Waals surface area contributed by atoms with E-state index in [1.165, 1.54) is 23.5 Å². The summed E-state index contributed by atoms with van der Waals surface area (Å²) in [6, 6.07) is 6.83. The Morgan fingerprint density at radius 1 is 0.893 bits per heavy atom. The SMILES string of the molecule is CCCC(CC(=O)[C@@H]1CN(C(=O)Nc2ccccc2)CC1NC(=O)C(CC(=O)[C@@H](NC(=O)c1cnccn1)C1CCCCC1)C(C)(C)C)C(=O)C(=O)CC1CC1. The molecule has 56 heavy (non-hydrogen) atoms. The van der Waals surface area contributed by atoms with Crippen molar-refractivity contribution >= 4 is 46.7 Å². The molecule has 1 aliphatic heterocycles. The molecule has 13 nitrogen and oxygen atoms in total. The molecule has 5 rings (SSSR count). The molecule has 3 aliphatic rings. The number of hydrogen-bond donors (Lipinski definition) is 3. The minimum absolute atomic E-state index is 0.00276. The molecule has 2 heterocycles. The average molecular weight is 771 g/mol. The van der Waals surface area contributed by atoms with Gasteiger partial charge in [-0.15, -0.1) is 0 Å². The Labute approximate surface area is 329 Å². The number of para-hydroxylation sites is 1. The highest BCUT2D eigenvalue weighted by Crippen LogP contribution is 2.35. The minimum atomic E-state index is -0.844. The molecule has 302 valence electrons. The molecule has 3 N–H and O–H groups in total.